The first-order chi connectivity index (χ1) is 12.8. The smallest absolute Gasteiger partial charge is 0.0107 e. The Morgan fingerprint density at radius 1 is 0.962 bits per heavy atom. The van der Waals surface area contributed by atoms with Crippen molar-refractivity contribution in [2.75, 3.05) is 63.9 Å². The summed E-state index contributed by atoms with van der Waals surface area (Å²) in [7, 11) is 0. The first-order valence-corrected chi connectivity index (χ1v) is 11.5. The zero-order chi connectivity index (χ0) is 18.5. The van der Waals surface area contributed by atoms with Gasteiger partial charge in [-0.2, -0.15) is 25.3 Å². The van der Waals surface area contributed by atoms with E-state index in [4.69, 9.17) is 0 Å². The van der Waals surface area contributed by atoms with Crippen LogP contribution in [-0.2, 0) is 6.42 Å². The predicted molar refractivity (Wildman–Crippen MR) is 121 cm³/mol. The minimum Gasteiger partial charge on any atom is -0.315 e. The number of hydrogen-bond acceptors (Lipinski definition) is 5. The van der Waals surface area contributed by atoms with Crippen LogP contribution in [0.2, 0.25) is 0 Å². The van der Waals surface area contributed by atoms with E-state index in [9.17, 15) is 0 Å². The molecule has 0 radical (unpaired) electrons. The van der Waals surface area contributed by atoms with Crippen molar-refractivity contribution in [3.8, 4) is 0 Å². The molecule has 0 atom stereocenters. The van der Waals surface area contributed by atoms with Gasteiger partial charge in [-0.15, -0.1) is 0 Å². The van der Waals surface area contributed by atoms with Crippen LogP contribution in [0, 0.1) is 5.92 Å². The van der Waals surface area contributed by atoms with E-state index in [2.05, 4.69) is 70.7 Å². The van der Waals surface area contributed by atoms with Crippen molar-refractivity contribution in [3.63, 3.8) is 0 Å². The molecule has 0 unspecified atom stereocenters. The van der Waals surface area contributed by atoms with Gasteiger partial charge in [-0.1, -0.05) is 30.3 Å². The van der Waals surface area contributed by atoms with E-state index in [0.717, 1.165) is 43.6 Å². The molecule has 1 aromatic carbocycles. The van der Waals surface area contributed by atoms with Crippen LogP contribution in [0.15, 0.2) is 30.3 Å². The Kier molecular flexibility index (Phi) is 11.8. The summed E-state index contributed by atoms with van der Waals surface area (Å²) in [5, 5.41) is 3.44. The summed E-state index contributed by atoms with van der Waals surface area (Å²) in [6.07, 6.45) is 5.22. The molecule has 148 valence electrons. The average Bonchev–Trinajstić information content (AvgIpc) is 2.67. The van der Waals surface area contributed by atoms with Crippen LogP contribution >= 0.6 is 25.3 Å². The van der Waals surface area contributed by atoms with Crippen LogP contribution < -0.4 is 5.32 Å². The molecular weight excluding hydrogens is 358 g/mol. The SMILES string of the molecule is SCCNCCN(CCS)CCCN1CCC(Cc2ccccc2)CC1. The van der Waals surface area contributed by atoms with Crippen molar-refractivity contribution in [2.45, 2.75) is 25.7 Å². The number of hydrogen-bond donors (Lipinski definition) is 3. The molecule has 1 aliphatic rings. The maximum Gasteiger partial charge on any atom is 0.0107 e. The van der Waals surface area contributed by atoms with Crippen molar-refractivity contribution >= 4 is 25.3 Å². The van der Waals surface area contributed by atoms with Gasteiger partial charge in [0.2, 0.25) is 0 Å². The lowest BCUT2D eigenvalue weighted by molar-refractivity contribution is 0.172. The summed E-state index contributed by atoms with van der Waals surface area (Å²) in [5.74, 6) is 2.72. The zero-order valence-corrected chi connectivity index (χ0v) is 17.9. The second-order valence-electron chi connectivity index (χ2n) is 7.37. The third-order valence-electron chi connectivity index (χ3n) is 5.33. The van der Waals surface area contributed by atoms with E-state index >= 15 is 0 Å². The molecule has 1 saturated heterocycles. The Bertz CT molecular complexity index is 450. The zero-order valence-electron chi connectivity index (χ0n) is 16.2. The topological polar surface area (TPSA) is 18.5 Å². The van der Waals surface area contributed by atoms with Crippen LogP contribution in [0.25, 0.3) is 0 Å². The number of nitrogens with zero attached hydrogens (tertiary/aromatic N) is 2. The summed E-state index contributed by atoms with van der Waals surface area (Å²) >= 11 is 8.65. The Hall–Kier alpha value is -0.200. The van der Waals surface area contributed by atoms with Gasteiger partial charge in [-0.25, -0.2) is 0 Å². The van der Waals surface area contributed by atoms with E-state index in [1.807, 2.05) is 0 Å². The molecule has 26 heavy (non-hydrogen) atoms. The maximum absolute atomic E-state index is 4.41. The van der Waals surface area contributed by atoms with Crippen LogP contribution in [-0.4, -0.2) is 73.7 Å². The molecule has 0 spiro atoms. The molecule has 2 rings (SSSR count). The second kappa shape index (κ2) is 13.9. The number of nitrogens with one attached hydrogen (secondary N) is 1. The molecule has 1 aromatic rings. The van der Waals surface area contributed by atoms with Crippen molar-refractivity contribution in [2.24, 2.45) is 5.92 Å². The highest BCUT2D eigenvalue weighted by Crippen LogP contribution is 2.21. The highest BCUT2D eigenvalue weighted by Gasteiger charge is 2.19. The van der Waals surface area contributed by atoms with E-state index in [0.29, 0.717) is 0 Å². The van der Waals surface area contributed by atoms with Gasteiger partial charge < -0.3 is 15.1 Å². The summed E-state index contributed by atoms with van der Waals surface area (Å²) in [6, 6.07) is 11.0. The van der Waals surface area contributed by atoms with E-state index < -0.39 is 0 Å². The summed E-state index contributed by atoms with van der Waals surface area (Å²) < 4.78 is 0. The molecule has 0 saturated carbocycles. The maximum atomic E-state index is 4.41. The molecule has 1 aliphatic heterocycles. The summed E-state index contributed by atoms with van der Waals surface area (Å²) in [4.78, 5) is 5.21. The normalized spacial score (nSPS) is 16.4. The van der Waals surface area contributed by atoms with E-state index in [1.54, 1.807) is 0 Å². The number of rotatable bonds is 13. The summed E-state index contributed by atoms with van der Waals surface area (Å²) in [5.41, 5.74) is 1.50. The fourth-order valence-corrected chi connectivity index (χ4v) is 4.24. The van der Waals surface area contributed by atoms with Gasteiger partial charge in [-0.3, -0.25) is 0 Å². The lowest BCUT2D eigenvalue weighted by atomic mass is 9.90. The average molecular weight is 396 g/mol. The fraction of sp³-hybridized carbons (Fsp3) is 0.714. The largest absolute Gasteiger partial charge is 0.315 e. The van der Waals surface area contributed by atoms with Gasteiger partial charge >= 0.3 is 0 Å². The first kappa shape index (κ1) is 22.1. The third-order valence-corrected chi connectivity index (χ3v) is 5.76. The monoisotopic (exact) mass is 395 g/mol. The second-order valence-corrected chi connectivity index (χ2v) is 8.26. The Balaban J connectivity index is 1.58. The molecule has 5 heteroatoms. The Labute approximate surface area is 171 Å². The molecule has 0 aliphatic carbocycles. The molecule has 1 N–H and O–H groups in total. The molecule has 1 heterocycles. The van der Waals surface area contributed by atoms with Crippen LogP contribution in [0.4, 0.5) is 0 Å². The van der Waals surface area contributed by atoms with Crippen molar-refractivity contribution in [3.05, 3.63) is 35.9 Å². The van der Waals surface area contributed by atoms with Crippen LogP contribution in [0.1, 0.15) is 24.8 Å². The highest BCUT2D eigenvalue weighted by atomic mass is 32.1. The molecule has 0 amide bonds. The van der Waals surface area contributed by atoms with Gasteiger partial charge in [0.25, 0.3) is 0 Å². The fourth-order valence-electron chi connectivity index (χ4n) is 3.80. The highest BCUT2D eigenvalue weighted by molar-refractivity contribution is 7.80. The number of likely N-dealkylation sites (tertiary alicyclic amines) is 1. The van der Waals surface area contributed by atoms with Crippen molar-refractivity contribution in [1.82, 2.24) is 15.1 Å². The molecule has 0 aromatic heterocycles. The number of piperidine rings is 1. The van der Waals surface area contributed by atoms with Crippen LogP contribution in [0.3, 0.4) is 0 Å². The van der Waals surface area contributed by atoms with Gasteiger partial charge in [0, 0.05) is 37.7 Å². The van der Waals surface area contributed by atoms with Gasteiger partial charge in [0.15, 0.2) is 0 Å². The molecule has 1 fully saturated rings. The lowest BCUT2D eigenvalue weighted by Crippen LogP contribution is -2.38. The molecule has 3 nitrogen and oxygen atoms in total. The lowest BCUT2D eigenvalue weighted by Gasteiger charge is -2.32. The first-order valence-electron chi connectivity index (χ1n) is 10.2. The molecule has 0 bridgehead atoms. The van der Waals surface area contributed by atoms with Gasteiger partial charge in [-0.05, 0) is 63.3 Å². The van der Waals surface area contributed by atoms with Crippen molar-refractivity contribution < 1.29 is 0 Å². The number of benzene rings is 1. The Morgan fingerprint density at radius 2 is 1.73 bits per heavy atom. The van der Waals surface area contributed by atoms with Gasteiger partial charge in [0.1, 0.15) is 0 Å². The Morgan fingerprint density at radius 3 is 2.42 bits per heavy atom. The quantitative estimate of drug-likeness (QED) is 0.352. The van der Waals surface area contributed by atoms with Crippen LogP contribution in [0.5, 0.6) is 0 Å². The minimum atomic E-state index is 0.868. The van der Waals surface area contributed by atoms with E-state index in [1.165, 1.54) is 57.4 Å². The van der Waals surface area contributed by atoms with Crippen molar-refractivity contribution in [1.29, 1.82) is 0 Å². The van der Waals surface area contributed by atoms with Gasteiger partial charge in [0.05, 0.1) is 0 Å². The van der Waals surface area contributed by atoms with E-state index in [-0.39, 0.29) is 0 Å². The molecular formula is C21H37N3S2. The predicted octanol–water partition coefficient (Wildman–Crippen LogP) is 3.08. The standard InChI is InChI=1S/C21H37N3S2/c25-17-10-22-9-15-24(16-18-26)12-4-11-23-13-7-21(8-14-23)19-20-5-2-1-3-6-20/h1-3,5-6,21-22,25-26H,4,7-19H2. The minimum absolute atomic E-state index is 0.868. The third kappa shape index (κ3) is 9.14. The number of thiol groups is 2. The summed E-state index contributed by atoms with van der Waals surface area (Å²) in [6.45, 7) is 9.23.